The van der Waals surface area contributed by atoms with Crippen LogP contribution in [0.4, 0.5) is 0 Å². The molecule has 0 fully saturated rings. The zero-order chi connectivity index (χ0) is 24.8. The van der Waals surface area contributed by atoms with E-state index in [9.17, 15) is 19.2 Å². The maximum atomic E-state index is 13.1. The van der Waals surface area contributed by atoms with Crippen LogP contribution in [0, 0.1) is 0 Å². The molecule has 3 rings (SSSR count). The number of nitrogens with one attached hydrogen (secondary N) is 2. The molecular formula is C25H27N3O6. The van der Waals surface area contributed by atoms with Crippen LogP contribution >= 0.6 is 0 Å². The number of hydrogen-bond acceptors (Lipinski definition) is 5. The van der Waals surface area contributed by atoms with Gasteiger partial charge in [0.1, 0.15) is 11.8 Å². The number of amides is 2. The third-order valence-corrected chi connectivity index (χ3v) is 5.44. The molecule has 34 heavy (non-hydrogen) atoms. The Hall–Kier alpha value is -4.14. The molecule has 9 nitrogen and oxygen atoms in total. The van der Waals surface area contributed by atoms with Gasteiger partial charge >= 0.3 is 5.97 Å². The van der Waals surface area contributed by atoms with E-state index in [0.717, 1.165) is 5.56 Å². The SMILES string of the molecule is CCc1c(C(=O)C(=O)NC)c2c(OCC(=O)N[C@@H](C)C(=O)O)cccc2n1Cc1ccccc1. The van der Waals surface area contributed by atoms with E-state index in [0.29, 0.717) is 29.6 Å². The number of fused-ring (bicyclic) bond motifs is 1. The van der Waals surface area contributed by atoms with Crippen LogP contribution in [0.1, 0.15) is 35.5 Å². The minimum atomic E-state index is -1.17. The minimum Gasteiger partial charge on any atom is -0.483 e. The number of rotatable bonds is 10. The first kappa shape index (κ1) is 24.5. The third-order valence-electron chi connectivity index (χ3n) is 5.44. The molecule has 0 aliphatic heterocycles. The monoisotopic (exact) mass is 465 g/mol. The smallest absolute Gasteiger partial charge is 0.325 e. The number of nitrogens with zero attached hydrogens (tertiary/aromatic N) is 1. The number of ketones is 1. The maximum Gasteiger partial charge on any atom is 0.325 e. The quantitative estimate of drug-likeness (QED) is 0.311. The van der Waals surface area contributed by atoms with E-state index in [1.165, 1.54) is 14.0 Å². The fourth-order valence-corrected chi connectivity index (χ4v) is 3.81. The number of ether oxygens (including phenoxy) is 1. The zero-order valence-corrected chi connectivity index (χ0v) is 19.3. The first-order chi connectivity index (χ1) is 16.3. The summed E-state index contributed by atoms with van der Waals surface area (Å²) < 4.78 is 7.70. The van der Waals surface area contributed by atoms with Crippen molar-refractivity contribution in [3.8, 4) is 5.75 Å². The van der Waals surface area contributed by atoms with Gasteiger partial charge in [-0.2, -0.15) is 0 Å². The number of likely N-dealkylation sites (N-methyl/N-ethyl adjacent to an activating group) is 1. The van der Waals surface area contributed by atoms with Crippen molar-refractivity contribution in [1.82, 2.24) is 15.2 Å². The summed E-state index contributed by atoms with van der Waals surface area (Å²) in [6.07, 6.45) is 0.482. The van der Waals surface area contributed by atoms with Crippen molar-refractivity contribution in [2.75, 3.05) is 13.7 Å². The predicted molar refractivity (Wildman–Crippen MR) is 126 cm³/mol. The lowest BCUT2D eigenvalue weighted by Crippen LogP contribution is -2.40. The number of Topliss-reactive ketones (excluding diaryl/α,β-unsaturated/α-hetero) is 1. The number of carbonyl (C=O) groups is 4. The van der Waals surface area contributed by atoms with E-state index in [4.69, 9.17) is 9.84 Å². The number of carboxylic acids is 1. The Morgan fingerprint density at radius 1 is 1.06 bits per heavy atom. The van der Waals surface area contributed by atoms with Gasteiger partial charge < -0.3 is 25.0 Å². The molecule has 3 N–H and O–H groups in total. The van der Waals surface area contributed by atoms with Crippen molar-refractivity contribution in [2.24, 2.45) is 0 Å². The van der Waals surface area contributed by atoms with Crippen LogP contribution in [0.5, 0.6) is 5.75 Å². The Morgan fingerprint density at radius 3 is 2.38 bits per heavy atom. The Labute approximate surface area is 196 Å². The molecule has 178 valence electrons. The number of aromatic nitrogens is 1. The summed E-state index contributed by atoms with van der Waals surface area (Å²) in [5.41, 5.74) is 2.60. The average Bonchev–Trinajstić information content (AvgIpc) is 3.15. The molecule has 0 unspecified atom stereocenters. The van der Waals surface area contributed by atoms with Gasteiger partial charge in [0.05, 0.1) is 16.5 Å². The largest absolute Gasteiger partial charge is 0.483 e. The molecule has 0 aliphatic carbocycles. The van der Waals surface area contributed by atoms with Gasteiger partial charge in [-0.05, 0) is 31.0 Å². The third kappa shape index (κ3) is 5.09. The topological polar surface area (TPSA) is 127 Å². The van der Waals surface area contributed by atoms with E-state index in [-0.39, 0.29) is 11.3 Å². The maximum absolute atomic E-state index is 13.1. The average molecular weight is 466 g/mol. The summed E-state index contributed by atoms with van der Waals surface area (Å²) in [5, 5.41) is 14.1. The van der Waals surface area contributed by atoms with Crippen molar-refractivity contribution < 1.29 is 29.0 Å². The highest BCUT2D eigenvalue weighted by Gasteiger charge is 2.28. The normalized spacial score (nSPS) is 11.6. The lowest BCUT2D eigenvalue weighted by atomic mass is 10.0. The van der Waals surface area contributed by atoms with Gasteiger partial charge in [0.25, 0.3) is 17.6 Å². The molecule has 0 saturated heterocycles. The molecule has 0 saturated carbocycles. The highest BCUT2D eigenvalue weighted by molar-refractivity contribution is 6.45. The predicted octanol–water partition coefficient (Wildman–Crippen LogP) is 2.15. The van der Waals surface area contributed by atoms with E-state index in [1.807, 2.05) is 47.9 Å². The Morgan fingerprint density at radius 2 is 1.76 bits per heavy atom. The number of benzene rings is 2. The Bertz CT molecular complexity index is 1230. The van der Waals surface area contributed by atoms with Crippen LogP contribution in [0.25, 0.3) is 10.9 Å². The van der Waals surface area contributed by atoms with Crippen LogP contribution in [-0.2, 0) is 27.3 Å². The van der Waals surface area contributed by atoms with Crippen molar-refractivity contribution in [1.29, 1.82) is 0 Å². The lowest BCUT2D eigenvalue weighted by Gasteiger charge is -2.12. The molecule has 9 heteroatoms. The summed E-state index contributed by atoms with van der Waals surface area (Å²) in [7, 11) is 1.39. The van der Waals surface area contributed by atoms with Gasteiger partial charge in [-0.25, -0.2) is 0 Å². The molecule has 3 aromatic rings. The number of carbonyl (C=O) groups excluding carboxylic acids is 3. The highest BCUT2D eigenvalue weighted by Crippen LogP contribution is 2.35. The zero-order valence-electron chi connectivity index (χ0n) is 19.3. The van der Waals surface area contributed by atoms with E-state index >= 15 is 0 Å². The van der Waals surface area contributed by atoms with Gasteiger partial charge in [-0.3, -0.25) is 19.2 Å². The number of aliphatic carboxylic acids is 1. The van der Waals surface area contributed by atoms with E-state index < -0.39 is 36.2 Å². The summed E-state index contributed by atoms with van der Waals surface area (Å²) >= 11 is 0. The van der Waals surface area contributed by atoms with E-state index in [1.54, 1.807) is 12.1 Å². The lowest BCUT2D eigenvalue weighted by molar-refractivity contribution is -0.141. The molecular weight excluding hydrogens is 438 g/mol. The second kappa shape index (κ2) is 10.7. The van der Waals surface area contributed by atoms with Gasteiger partial charge in [-0.1, -0.05) is 43.3 Å². The molecule has 0 bridgehead atoms. The van der Waals surface area contributed by atoms with Crippen LogP contribution in [0.3, 0.4) is 0 Å². The van der Waals surface area contributed by atoms with Crippen LogP contribution < -0.4 is 15.4 Å². The summed E-state index contributed by atoms with van der Waals surface area (Å²) in [4.78, 5) is 48.6. The minimum absolute atomic E-state index is 0.225. The van der Waals surface area contributed by atoms with Crippen LogP contribution in [-0.4, -0.2) is 52.9 Å². The molecule has 2 aromatic carbocycles. The molecule has 1 atom stereocenters. The Kier molecular flexibility index (Phi) is 7.68. The highest BCUT2D eigenvalue weighted by atomic mass is 16.5. The fraction of sp³-hybridized carbons (Fsp3) is 0.280. The first-order valence-corrected chi connectivity index (χ1v) is 10.9. The molecule has 0 radical (unpaired) electrons. The first-order valence-electron chi connectivity index (χ1n) is 10.9. The Balaban J connectivity index is 2.10. The molecule has 1 heterocycles. The van der Waals surface area contributed by atoms with Gasteiger partial charge in [0.15, 0.2) is 6.61 Å². The van der Waals surface area contributed by atoms with Crippen LogP contribution in [0.15, 0.2) is 48.5 Å². The summed E-state index contributed by atoms with van der Waals surface area (Å²) in [6, 6.07) is 13.8. The fourth-order valence-electron chi connectivity index (χ4n) is 3.81. The van der Waals surface area contributed by atoms with Gasteiger partial charge in [-0.15, -0.1) is 0 Å². The molecule has 0 aliphatic rings. The van der Waals surface area contributed by atoms with Crippen molar-refractivity contribution >= 4 is 34.5 Å². The van der Waals surface area contributed by atoms with E-state index in [2.05, 4.69) is 10.6 Å². The van der Waals surface area contributed by atoms with Crippen molar-refractivity contribution in [2.45, 2.75) is 32.9 Å². The van der Waals surface area contributed by atoms with Crippen molar-refractivity contribution in [3.63, 3.8) is 0 Å². The number of carboxylic acid groups (broad SMARTS) is 1. The summed E-state index contributed by atoms with van der Waals surface area (Å²) in [5.74, 6) is -2.98. The molecule has 1 aromatic heterocycles. The van der Waals surface area contributed by atoms with Crippen molar-refractivity contribution in [3.05, 3.63) is 65.4 Å². The number of hydrogen-bond donors (Lipinski definition) is 3. The van der Waals surface area contributed by atoms with Gasteiger partial charge in [0, 0.05) is 19.3 Å². The standard InChI is InChI=1S/C25H27N3O6/c1-4-17-22(23(30)24(31)26-3)21-18(28(17)13-16-9-6-5-7-10-16)11-8-12-19(21)34-14-20(29)27-15(2)25(32)33/h5-12,15H,4,13-14H2,1-3H3,(H,26,31)(H,27,29)(H,32,33)/t15-/m0/s1. The molecule has 2 amide bonds. The molecule has 0 spiro atoms. The van der Waals surface area contributed by atoms with Gasteiger partial charge in [0.2, 0.25) is 0 Å². The summed E-state index contributed by atoms with van der Waals surface area (Å²) in [6.45, 7) is 3.27. The second-order valence-corrected chi connectivity index (χ2v) is 7.72. The second-order valence-electron chi connectivity index (χ2n) is 7.72. The van der Waals surface area contributed by atoms with Crippen LogP contribution in [0.2, 0.25) is 0 Å².